The van der Waals surface area contributed by atoms with Gasteiger partial charge in [-0.15, -0.1) is 10.2 Å². The second-order valence-electron chi connectivity index (χ2n) is 5.11. The van der Waals surface area contributed by atoms with Gasteiger partial charge in [-0.25, -0.2) is 8.78 Å². The maximum Gasteiger partial charge on any atom is 0.293 e. The summed E-state index contributed by atoms with van der Waals surface area (Å²) in [6, 6.07) is 4.23. The van der Waals surface area contributed by atoms with Crippen molar-refractivity contribution in [3.8, 4) is 0 Å². The van der Waals surface area contributed by atoms with Crippen LogP contribution in [0.5, 0.6) is 0 Å². The number of rotatable bonds is 6. The van der Waals surface area contributed by atoms with Crippen molar-refractivity contribution in [2.24, 2.45) is 0 Å². The largest absolute Gasteiger partial charge is 0.377 e. The lowest BCUT2D eigenvalue weighted by molar-refractivity contribution is -0.384. The molecule has 11 heteroatoms. The molecule has 0 unspecified atom stereocenters. The number of nitro groups is 1. The molecule has 126 valence electrons. The number of nitro benzene ring substituents is 1. The van der Waals surface area contributed by atoms with Crippen molar-refractivity contribution >= 4 is 33.8 Å². The van der Waals surface area contributed by atoms with Gasteiger partial charge in [-0.3, -0.25) is 20.2 Å². The minimum Gasteiger partial charge on any atom is -0.377 e. The Morgan fingerprint density at radius 1 is 1.38 bits per heavy atom. The smallest absolute Gasteiger partial charge is 0.293 e. The van der Waals surface area contributed by atoms with E-state index >= 15 is 0 Å². The van der Waals surface area contributed by atoms with E-state index in [4.69, 9.17) is 0 Å². The van der Waals surface area contributed by atoms with Crippen LogP contribution in [0, 0.1) is 10.1 Å². The molecule has 0 aliphatic heterocycles. The summed E-state index contributed by atoms with van der Waals surface area (Å²) in [6.07, 6.45) is -0.881. The number of nitrogens with zero attached hydrogens (tertiary/aromatic N) is 3. The average molecular weight is 355 g/mol. The van der Waals surface area contributed by atoms with Gasteiger partial charge in [-0.1, -0.05) is 11.3 Å². The molecule has 1 fully saturated rings. The molecule has 0 atom stereocenters. The fourth-order valence-electron chi connectivity index (χ4n) is 1.94. The number of nitrogens with one attached hydrogen (secondary N) is 2. The van der Waals surface area contributed by atoms with Gasteiger partial charge >= 0.3 is 0 Å². The van der Waals surface area contributed by atoms with Crippen LogP contribution in [0.15, 0.2) is 18.2 Å². The zero-order valence-corrected chi connectivity index (χ0v) is 12.8. The van der Waals surface area contributed by atoms with Crippen molar-refractivity contribution in [1.82, 2.24) is 10.2 Å². The van der Waals surface area contributed by atoms with E-state index < -0.39 is 22.3 Å². The Kier molecular flexibility index (Phi) is 4.34. The summed E-state index contributed by atoms with van der Waals surface area (Å²) in [5, 5.41) is 22.6. The van der Waals surface area contributed by atoms with Crippen LogP contribution in [0.4, 0.5) is 25.3 Å². The quantitative estimate of drug-likeness (QED) is 0.608. The van der Waals surface area contributed by atoms with Crippen molar-refractivity contribution in [1.29, 1.82) is 0 Å². The number of anilines is 2. The van der Waals surface area contributed by atoms with E-state index in [0.29, 0.717) is 17.0 Å². The average Bonchev–Trinajstić information content (AvgIpc) is 3.22. The van der Waals surface area contributed by atoms with Crippen LogP contribution < -0.4 is 10.6 Å². The fourth-order valence-corrected chi connectivity index (χ4v) is 2.53. The van der Waals surface area contributed by atoms with E-state index in [1.165, 1.54) is 12.1 Å². The zero-order valence-electron chi connectivity index (χ0n) is 12.0. The molecule has 1 amide bonds. The fraction of sp³-hybridized carbons (Fsp3) is 0.308. The predicted octanol–water partition coefficient (Wildman–Crippen LogP) is 3.21. The Bertz CT molecular complexity index is 794. The first-order valence-corrected chi connectivity index (χ1v) is 7.73. The molecule has 0 saturated heterocycles. The predicted molar refractivity (Wildman–Crippen MR) is 82.6 cm³/mol. The van der Waals surface area contributed by atoms with Crippen molar-refractivity contribution in [3.05, 3.63) is 38.9 Å². The molecule has 1 saturated carbocycles. The summed E-state index contributed by atoms with van der Waals surface area (Å²) in [6.45, 7) is 0. The number of alkyl halides is 2. The van der Waals surface area contributed by atoms with Gasteiger partial charge in [0.1, 0.15) is 5.69 Å². The number of carbonyl (C=O) groups excluding carboxylic acids is 1. The molecule has 1 heterocycles. The van der Waals surface area contributed by atoms with E-state index in [9.17, 15) is 23.7 Å². The van der Waals surface area contributed by atoms with Gasteiger partial charge in [0.05, 0.1) is 4.92 Å². The topological polar surface area (TPSA) is 110 Å². The van der Waals surface area contributed by atoms with Gasteiger partial charge in [0.15, 0.2) is 5.01 Å². The number of hydrogen-bond donors (Lipinski definition) is 2. The maximum absolute atomic E-state index is 12.4. The van der Waals surface area contributed by atoms with Crippen molar-refractivity contribution in [2.45, 2.75) is 25.3 Å². The molecular weight excluding hydrogens is 344 g/mol. The first-order chi connectivity index (χ1) is 11.4. The van der Waals surface area contributed by atoms with Gasteiger partial charge in [0.2, 0.25) is 5.13 Å². The third-order valence-corrected chi connectivity index (χ3v) is 4.09. The van der Waals surface area contributed by atoms with Gasteiger partial charge in [-0.2, -0.15) is 0 Å². The standard InChI is InChI=1S/C13H11F2N5O3S/c14-10(15)12-18-19-13(24-12)17-11(21)6-1-4-8(16-7-2-3-7)9(5-6)20(22)23/h1,4-5,7,10,16H,2-3H2,(H,17,19,21). The highest BCUT2D eigenvalue weighted by Crippen LogP contribution is 2.32. The Balaban J connectivity index is 1.78. The van der Waals surface area contributed by atoms with Crippen LogP contribution in [-0.2, 0) is 0 Å². The van der Waals surface area contributed by atoms with Gasteiger partial charge in [-0.05, 0) is 25.0 Å². The monoisotopic (exact) mass is 355 g/mol. The Morgan fingerprint density at radius 3 is 2.71 bits per heavy atom. The number of hydrogen-bond acceptors (Lipinski definition) is 7. The second-order valence-corrected chi connectivity index (χ2v) is 6.12. The number of amides is 1. The Morgan fingerprint density at radius 2 is 2.12 bits per heavy atom. The highest BCUT2D eigenvalue weighted by atomic mass is 32.1. The van der Waals surface area contributed by atoms with Crippen molar-refractivity contribution in [2.75, 3.05) is 10.6 Å². The molecule has 2 N–H and O–H groups in total. The Hall–Kier alpha value is -2.69. The van der Waals surface area contributed by atoms with Crippen LogP contribution in [0.2, 0.25) is 0 Å². The summed E-state index contributed by atoms with van der Waals surface area (Å²) >= 11 is 0.544. The zero-order chi connectivity index (χ0) is 17.3. The van der Waals surface area contributed by atoms with E-state index in [1.807, 2.05) is 0 Å². The molecular formula is C13H11F2N5O3S. The van der Waals surface area contributed by atoms with Gasteiger partial charge in [0, 0.05) is 17.7 Å². The SMILES string of the molecule is O=C(Nc1nnc(C(F)F)s1)c1ccc(NC2CC2)c([N+](=O)[O-])c1. The highest BCUT2D eigenvalue weighted by molar-refractivity contribution is 7.15. The number of halogens is 2. The maximum atomic E-state index is 12.4. The highest BCUT2D eigenvalue weighted by Gasteiger charge is 2.26. The van der Waals surface area contributed by atoms with Crippen molar-refractivity contribution < 1.29 is 18.5 Å². The molecule has 3 rings (SSSR count). The molecule has 8 nitrogen and oxygen atoms in total. The molecule has 0 radical (unpaired) electrons. The number of aromatic nitrogens is 2. The minimum atomic E-state index is -2.78. The lowest BCUT2D eigenvalue weighted by Crippen LogP contribution is -2.13. The molecule has 24 heavy (non-hydrogen) atoms. The molecule has 2 aromatic rings. The lowest BCUT2D eigenvalue weighted by Gasteiger charge is -2.07. The molecule has 0 bridgehead atoms. The first-order valence-electron chi connectivity index (χ1n) is 6.92. The second kappa shape index (κ2) is 6.43. The van der Waals surface area contributed by atoms with E-state index in [0.717, 1.165) is 18.9 Å². The first kappa shape index (κ1) is 16.2. The van der Waals surface area contributed by atoms with Crippen LogP contribution >= 0.6 is 11.3 Å². The summed E-state index contributed by atoms with van der Waals surface area (Å²) in [5.41, 5.74) is 0.145. The molecule has 1 aromatic carbocycles. The van der Waals surface area contributed by atoms with Gasteiger partial charge in [0.25, 0.3) is 18.0 Å². The number of benzene rings is 1. The summed E-state index contributed by atoms with van der Waals surface area (Å²) in [4.78, 5) is 22.7. The molecule has 1 aliphatic carbocycles. The Labute approximate surface area is 138 Å². The van der Waals surface area contributed by atoms with E-state index in [-0.39, 0.29) is 22.4 Å². The van der Waals surface area contributed by atoms with Gasteiger partial charge < -0.3 is 5.32 Å². The normalized spacial score (nSPS) is 13.8. The molecule has 1 aliphatic rings. The lowest BCUT2D eigenvalue weighted by atomic mass is 10.1. The molecule has 1 aromatic heterocycles. The van der Waals surface area contributed by atoms with Crippen LogP contribution in [-0.4, -0.2) is 27.1 Å². The summed E-state index contributed by atoms with van der Waals surface area (Å²) in [7, 11) is 0. The third-order valence-electron chi connectivity index (χ3n) is 3.24. The van der Waals surface area contributed by atoms with E-state index in [1.54, 1.807) is 0 Å². The van der Waals surface area contributed by atoms with Crippen LogP contribution in [0.25, 0.3) is 0 Å². The number of carbonyl (C=O) groups is 1. The van der Waals surface area contributed by atoms with Crippen molar-refractivity contribution in [3.63, 3.8) is 0 Å². The molecule has 0 spiro atoms. The summed E-state index contributed by atoms with van der Waals surface area (Å²) < 4.78 is 24.9. The minimum absolute atomic E-state index is 0.0249. The summed E-state index contributed by atoms with van der Waals surface area (Å²) in [5.74, 6) is -0.687. The van der Waals surface area contributed by atoms with Crippen LogP contribution in [0.3, 0.4) is 0 Å². The van der Waals surface area contributed by atoms with E-state index in [2.05, 4.69) is 20.8 Å². The third kappa shape index (κ3) is 3.62. The van der Waals surface area contributed by atoms with Crippen LogP contribution in [0.1, 0.15) is 34.6 Å².